The van der Waals surface area contributed by atoms with E-state index >= 15 is 0 Å². The van der Waals surface area contributed by atoms with Crippen molar-refractivity contribution in [2.24, 2.45) is 0 Å². The van der Waals surface area contributed by atoms with Gasteiger partial charge in [0.05, 0.1) is 23.6 Å². The van der Waals surface area contributed by atoms with Gasteiger partial charge in [0, 0.05) is 43.2 Å². The summed E-state index contributed by atoms with van der Waals surface area (Å²) in [5, 5.41) is 11.9. The lowest BCUT2D eigenvalue weighted by molar-refractivity contribution is -0.132. The largest absolute Gasteiger partial charge is 0.334 e. The van der Waals surface area contributed by atoms with E-state index in [-0.39, 0.29) is 11.9 Å². The molecule has 7 nitrogen and oxygen atoms in total. The minimum absolute atomic E-state index is 0.0619. The maximum atomic E-state index is 12.9. The summed E-state index contributed by atoms with van der Waals surface area (Å²) in [4.78, 5) is 19.0. The predicted molar refractivity (Wildman–Crippen MR) is 106 cm³/mol. The maximum Gasteiger partial charge on any atom is 0.223 e. The van der Waals surface area contributed by atoms with Crippen LogP contribution in [-0.4, -0.2) is 42.3 Å². The van der Waals surface area contributed by atoms with Gasteiger partial charge in [-0.25, -0.2) is 0 Å². The highest BCUT2D eigenvalue weighted by Crippen LogP contribution is 2.36. The third-order valence-corrected chi connectivity index (χ3v) is 5.43. The van der Waals surface area contributed by atoms with Crippen LogP contribution in [0.25, 0.3) is 11.1 Å². The number of amides is 1. The fourth-order valence-electron chi connectivity index (χ4n) is 4.10. The van der Waals surface area contributed by atoms with Crippen molar-refractivity contribution < 1.29 is 4.79 Å². The summed E-state index contributed by atoms with van der Waals surface area (Å²) in [6.45, 7) is 5.62. The fraction of sp³-hybridized carbons (Fsp3) is 0.429. The molecular weight excluding hydrogens is 352 g/mol. The van der Waals surface area contributed by atoms with E-state index < -0.39 is 0 Å². The van der Waals surface area contributed by atoms with Gasteiger partial charge in [0.2, 0.25) is 5.91 Å². The predicted octanol–water partition coefficient (Wildman–Crippen LogP) is 3.43. The van der Waals surface area contributed by atoms with Gasteiger partial charge in [-0.15, -0.1) is 0 Å². The molecule has 146 valence electrons. The summed E-state index contributed by atoms with van der Waals surface area (Å²) < 4.78 is 1.99. The third kappa shape index (κ3) is 3.69. The number of hydrogen-bond acceptors (Lipinski definition) is 4. The molecule has 1 N–H and O–H groups in total. The van der Waals surface area contributed by atoms with Crippen LogP contribution in [0.15, 0.2) is 36.8 Å². The van der Waals surface area contributed by atoms with Crippen LogP contribution < -0.4 is 0 Å². The zero-order chi connectivity index (χ0) is 19.5. The zero-order valence-electron chi connectivity index (χ0n) is 16.4. The number of aromatic nitrogens is 5. The Hall–Kier alpha value is -2.96. The molecule has 1 aliphatic heterocycles. The molecule has 0 aromatic carbocycles. The first-order chi connectivity index (χ1) is 13.6. The van der Waals surface area contributed by atoms with Crippen molar-refractivity contribution in [2.45, 2.75) is 52.1 Å². The number of nitrogens with zero attached hydrogens (tertiary/aromatic N) is 5. The van der Waals surface area contributed by atoms with Crippen LogP contribution in [0.4, 0.5) is 0 Å². The van der Waals surface area contributed by atoms with E-state index in [9.17, 15) is 4.79 Å². The molecule has 3 aromatic rings. The van der Waals surface area contributed by atoms with Gasteiger partial charge in [-0.3, -0.25) is 19.6 Å². The average molecular weight is 378 g/mol. The van der Waals surface area contributed by atoms with Gasteiger partial charge >= 0.3 is 0 Å². The summed E-state index contributed by atoms with van der Waals surface area (Å²) in [6.07, 6.45) is 8.71. The molecule has 4 heterocycles. The van der Waals surface area contributed by atoms with Gasteiger partial charge < -0.3 is 4.90 Å². The molecule has 1 aliphatic rings. The number of aromatic amines is 1. The molecule has 28 heavy (non-hydrogen) atoms. The van der Waals surface area contributed by atoms with E-state index in [1.807, 2.05) is 34.8 Å². The van der Waals surface area contributed by atoms with Crippen molar-refractivity contribution in [3.05, 3.63) is 53.9 Å². The number of hydrogen-bond donors (Lipinski definition) is 1. The van der Waals surface area contributed by atoms with Crippen molar-refractivity contribution in [3.8, 4) is 11.1 Å². The molecule has 0 radical (unpaired) electrons. The monoisotopic (exact) mass is 378 g/mol. The standard InChI is InChI=1S/C21H26N6O/c1-15-13-16(2)27(25-15)12-4-6-20(28)26-11-3-5-19(26)21-18(14-23-24-21)17-7-9-22-10-8-17/h7-10,13-14,19H,3-6,11-12H2,1-2H3,(H,23,24). The van der Waals surface area contributed by atoms with Crippen LogP contribution in [0, 0.1) is 13.8 Å². The Morgan fingerprint density at radius 2 is 2.11 bits per heavy atom. The van der Waals surface area contributed by atoms with Gasteiger partial charge in [0.15, 0.2) is 0 Å². The summed E-state index contributed by atoms with van der Waals surface area (Å²) in [5.74, 6) is 0.208. The molecule has 1 unspecified atom stereocenters. The van der Waals surface area contributed by atoms with E-state index in [1.165, 1.54) is 0 Å². The van der Waals surface area contributed by atoms with Gasteiger partial charge in [-0.05, 0) is 56.9 Å². The first-order valence-electron chi connectivity index (χ1n) is 9.87. The molecule has 1 fully saturated rings. The van der Waals surface area contributed by atoms with Gasteiger partial charge in [-0.1, -0.05) is 0 Å². The number of likely N-dealkylation sites (tertiary alicyclic amines) is 1. The Labute approximate surface area is 164 Å². The average Bonchev–Trinajstić information content (AvgIpc) is 3.42. The second-order valence-corrected chi connectivity index (χ2v) is 7.43. The lowest BCUT2D eigenvalue weighted by Gasteiger charge is -2.25. The number of pyridine rings is 1. The number of aryl methyl sites for hydroxylation is 3. The second kappa shape index (κ2) is 7.96. The highest BCUT2D eigenvalue weighted by molar-refractivity contribution is 5.77. The number of carbonyl (C=O) groups excluding carboxylic acids is 1. The summed E-state index contributed by atoms with van der Waals surface area (Å²) >= 11 is 0. The minimum atomic E-state index is 0.0619. The van der Waals surface area contributed by atoms with E-state index in [2.05, 4.69) is 33.3 Å². The van der Waals surface area contributed by atoms with Crippen LogP contribution >= 0.6 is 0 Å². The first kappa shape index (κ1) is 18.4. The molecule has 1 atom stereocenters. The number of carbonyl (C=O) groups is 1. The van der Waals surface area contributed by atoms with Crippen LogP contribution in [0.2, 0.25) is 0 Å². The van der Waals surface area contributed by atoms with E-state index in [1.54, 1.807) is 12.4 Å². The van der Waals surface area contributed by atoms with Crippen molar-refractivity contribution in [1.82, 2.24) is 29.9 Å². The lowest BCUT2D eigenvalue weighted by Crippen LogP contribution is -2.31. The van der Waals surface area contributed by atoms with Crippen LogP contribution in [0.1, 0.15) is 48.8 Å². The van der Waals surface area contributed by atoms with Gasteiger partial charge in [-0.2, -0.15) is 10.2 Å². The molecule has 0 aliphatic carbocycles. The second-order valence-electron chi connectivity index (χ2n) is 7.43. The minimum Gasteiger partial charge on any atom is -0.334 e. The highest BCUT2D eigenvalue weighted by Gasteiger charge is 2.32. The maximum absolute atomic E-state index is 12.9. The van der Waals surface area contributed by atoms with Crippen molar-refractivity contribution >= 4 is 5.91 Å². The molecule has 3 aromatic heterocycles. The molecule has 7 heteroatoms. The molecule has 0 spiro atoms. The Bertz CT molecular complexity index is 945. The molecule has 0 bridgehead atoms. The molecular formula is C21H26N6O. The van der Waals surface area contributed by atoms with Crippen molar-refractivity contribution in [1.29, 1.82) is 0 Å². The topological polar surface area (TPSA) is 79.7 Å². The smallest absolute Gasteiger partial charge is 0.223 e. The van der Waals surface area contributed by atoms with Gasteiger partial charge in [0.25, 0.3) is 0 Å². The number of nitrogens with one attached hydrogen (secondary N) is 1. The summed E-state index contributed by atoms with van der Waals surface area (Å²) in [6, 6.07) is 6.08. The summed E-state index contributed by atoms with van der Waals surface area (Å²) in [5.41, 5.74) is 5.31. The lowest BCUT2D eigenvalue weighted by atomic mass is 10.0. The van der Waals surface area contributed by atoms with Crippen LogP contribution in [0.5, 0.6) is 0 Å². The Morgan fingerprint density at radius 1 is 1.29 bits per heavy atom. The van der Waals surface area contributed by atoms with Gasteiger partial charge in [0.1, 0.15) is 0 Å². The first-order valence-corrected chi connectivity index (χ1v) is 9.87. The fourth-order valence-corrected chi connectivity index (χ4v) is 4.10. The normalized spacial score (nSPS) is 16.6. The zero-order valence-corrected chi connectivity index (χ0v) is 16.4. The SMILES string of the molecule is Cc1cc(C)n(CCCC(=O)N2CCCC2c2[nH]ncc2-c2ccncc2)n1. The van der Waals surface area contributed by atoms with Crippen LogP contribution in [0.3, 0.4) is 0 Å². The van der Waals surface area contributed by atoms with Crippen LogP contribution in [-0.2, 0) is 11.3 Å². The summed E-state index contributed by atoms with van der Waals surface area (Å²) in [7, 11) is 0. The molecule has 0 saturated carbocycles. The van der Waals surface area contributed by atoms with E-state index in [0.29, 0.717) is 6.42 Å². The Balaban J connectivity index is 1.43. The third-order valence-electron chi connectivity index (χ3n) is 5.43. The van der Waals surface area contributed by atoms with E-state index in [4.69, 9.17) is 0 Å². The van der Waals surface area contributed by atoms with Crippen molar-refractivity contribution in [2.75, 3.05) is 6.54 Å². The van der Waals surface area contributed by atoms with Crippen molar-refractivity contribution in [3.63, 3.8) is 0 Å². The Morgan fingerprint density at radius 3 is 2.86 bits per heavy atom. The number of rotatable bonds is 6. The molecule has 4 rings (SSSR count). The quantitative estimate of drug-likeness (QED) is 0.713. The molecule has 1 saturated heterocycles. The highest BCUT2D eigenvalue weighted by atomic mass is 16.2. The Kier molecular flexibility index (Phi) is 5.23. The van der Waals surface area contributed by atoms with E-state index in [0.717, 1.165) is 60.6 Å². The number of H-pyrrole nitrogens is 1. The molecule has 1 amide bonds.